The Bertz CT molecular complexity index is 3460. The van der Waals surface area contributed by atoms with Gasteiger partial charge in [0, 0.05) is 79.3 Å². The fourth-order valence-corrected chi connectivity index (χ4v) is 20.3. The first-order valence-electron chi connectivity index (χ1n) is 39.8. The highest BCUT2D eigenvalue weighted by atomic mass is 33.1. The lowest BCUT2D eigenvalue weighted by Gasteiger charge is -2.50. The lowest BCUT2D eigenvalue weighted by Crippen LogP contribution is -2.68. The maximum atomic E-state index is 14.2. The van der Waals surface area contributed by atoms with E-state index in [9.17, 15) is 116 Å². The number of Topliss-reactive ketones (excluding diaryl/α,β-unsaturated/α-hetero) is 2. The van der Waals surface area contributed by atoms with Gasteiger partial charge in [0.2, 0.25) is 11.8 Å². The fourth-order valence-electron chi connectivity index (χ4n) is 14.3. The second-order valence-electron chi connectivity index (χ2n) is 29.8. The third-order valence-electron chi connectivity index (χ3n) is 21.1. The molecule has 50 heteroatoms. The van der Waals surface area contributed by atoms with Crippen molar-refractivity contribution in [1.29, 1.82) is 0 Å². The number of carbonyl (C=O) groups is 4. The van der Waals surface area contributed by atoms with Crippen LogP contribution in [0.4, 0.5) is 0 Å². The molecule has 23 rings (SSSR count). The molecule has 2 aromatic heterocycles. The first kappa shape index (κ1) is 102. The number of ether oxygens (including phenoxy) is 16. The molecule has 21 aliphatic rings. The van der Waals surface area contributed by atoms with Gasteiger partial charge in [-0.1, -0.05) is 33.7 Å². The van der Waals surface area contributed by atoms with E-state index < -0.39 is 283 Å². The van der Waals surface area contributed by atoms with Crippen molar-refractivity contribution >= 4 is 90.1 Å². The standard InChI is InChI=1S/C73H113N5O39S6/c1-31(84)9-15-102-17-18-103-16-10-33(85)21-32(65(100)77-13-19-120-122-42-7-3-5-11-75-42)27-118-29-40-63-49(91)56(98)72(109-40)114-61-38(25-82)105-69(52(94)45(61)87)113-60-37(24-81)108-71(55(97)48(60)90)117-64-41(30-119-28-34(74-2)66(101)78-14-20-121-123-43-8-4-6-12-76-43)110-73(57(99)50(64)92)115-62-39(26-83)106-68(53(95)46(62)88)111-58-35(22-79)104-67(51(93)44(58)86)112-59-36(23-80)107-70(116-63)54(96)47(59)89/h3-8,11-12,32,34-41,44-64,67-74,79-83,86-99H,9-10,13-30H2,1-2H3,(H,77,100)(H,78,101)/t32-,34?,35?,36?,37?,38?,39?,40?,41?,44-,45-,46-,47-,48-,49-,50-,51?,52?,53?,54?,55?,56?,57?,58-,59-,60-,61-,62-,63-,64-,67-,68-,69+,70+,71+,72-,73+/m1/s1. The SMILES string of the molecule is CNC(CSCC1O[C@H]2O[C@@H]3C(CO)O[C@H](O[C@@H]4C(CO)O[C@H](O[C@@H]5C(CO)O[C@@H](O[C@@H]6C(CSC[C@@H](CC(=O)CCOCCOCCC(C)=O)C(=O)NCCSSc7ccccn7)O[C@H](O[C@@H]7C(CO)O[C@@H](O[C@@H]8C(CO)O[C@@H](O[C@H]1[C@H](O)C2O)C(O)[C@H]8O)C(O)[C@H]7O)C(O)[C@H]6O)C(O)[C@H]5O)C(O)[C@H]4O)C(O)[C@H]3O)C(=O)NCCSSc1ccccn1. The van der Waals surface area contributed by atoms with E-state index in [1.807, 2.05) is 18.2 Å². The number of aliphatic hydroxyl groups excluding tert-OH is 19. The number of aliphatic hydroxyl groups is 19. The van der Waals surface area contributed by atoms with Crippen molar-refractivity contribution < 1.29 is 192 Å². The highest BCUT2D eigenvalue weighted by molar-refractivity contribution is 8.77. The Morgan fingerprint density at radius 2 is 0.691 bits per heavy atom. The van der Waals surface area contributed by atoms with Gasteiger partial charge >= 0.3 is 0 Å². The monoisotopic (exact) mass is 1880 g/mol. The number of carbonyl (C=O) groups excluding carboxylic acids is 4. The summed E-state index contributed by atoms with van der Waals surface area (Å²) in [5.74, 6) is -2.59. The van der Waals surface area contributed by atoms with E-state index >= 15 is 0 Å². The predicted octanol–water partition coefficient (Wildman–Crippen LogP) is -9.28. The highest BCUT2D eigenvalue weighted by Crippen LogP contribution is 2.41. The van der Waals surface area contributed by atoms with Crippen molar-refractivity contribution in [2.45, 2.75) is 257 Å². The van der Waals surface area contributed by atoms with Crippen LogP contribution in [-0.2, 0) is 95.0 Å². The van der Waals surface area contributed by atoms with Gasteiger partial charge in [-0.2, -0.15) is 23.5 Å². The minimum absolute atomic E-state index is 0.0233. The van der Waals surface area contributed by atoms with Gasteiger partial charge in [0.05, 0.1) is 83.6 Å². The molecular weight excluding hydrogens is 1760 g/mol. The van der Waals surface area contributed by atoms with Crippen LogP contribution in [0.25, 0.3) is 0 Å². The molecule has 0 radical (unpaired) electrons. The first-order valence-corrected chi connectivity index (χ1v) is 46.8. The Balaban J connectivity index is 0.912. The van der Waals surface area contributed by atoms with Gasteiger partial charge in [0.1, 0.15) is 180 Å². The minimum atomic E-state index is -2.30. The lowest BCUT2D eigenvalue weighted by molar-refractivity contribution is -0.395. The molecule has 2 aromatic rings. The number of nitrogens with zero attached hydrogens (tertiary/aromatic N) is 2. The maximum Gasteiger partial charge on any atom is 0.238 e. The van der Waals surface area contributed by atoms with Gasteiger partial charge in [-0.05, 0) is 59.8 Å². The van der Waals surface area contributed by atoms with Gasteiger partial charge < -0.3 is 189 Å². The van der Waals surface area contributed by atoms with Crippen molar-refractivity contribution in [3.63, 3.8) is 0 Å². The molecule has 15 unspecified atom stereocenters. The molecule has 21 aliphatic heterocycles. The van der Waals surface area contributed by atoms with Crippen LogP contribution in [0.3, 0.4) is 0 Å². The number of likely N-dealkylation sites (N-methyl/N-ethyl adjacent to an activating group) is 1. The van der Waals surface area contributed by atoms with Gasteiger partial charge in [-0.15, -0.1) is 0 Å². The molecule has 23 heterocycles. The van der Waals surface area contributed by atoms with Crippen LogP contribution in [0.2, 0.25) is 0 Å². The van der Waals surface area contributed by atoms with E-state index in [1.165, 1.54) is 57.1 Å². The van der Waals surface area contributed by atoms with E-state index in [0.29, 0.717) is 16.5 Å². The molecule has 0 aliphatic carbocycles. The number of hydrogen-bond acceptors (Lipinski definition) is 48. The van der Waals surface area contributed by atoms with Crippen LogP contribution < -0.4 is 16.0 Å². The predicted molar refractivity (Wildman–Crippen MR) is 428 cm³/mol. The van der Waals surface area contributed by atoms with Gasteiger partial charge in [-0.3, -0.25) is 19.2 Å². The summed E-state index contributed by atoms with van der Waals surface area (Å²) in [6.07, 6.45) is -69.3. The largest absolute Gasteiger partial charge is 0.394 e. The topological polar surface area (TPSA) is 662 Å². The summed E-state index contributed by atoms with van der Waals surface area (Å²) in [7, 11) is 7.12. The summed E-state index contributed by atoms with van der Waals surface area (Å²) in [5.41, 5.74) is 0. The number of aromatic nitrogens is 2. The Morgan fingerprint density at radius 3 is 0.992 bits per heavy atom. The van der Waals surface area contributed by atoms with Crippen LogP contribution in [0, 0.1) is 5.92 Å². The second kappa shape index (κ2) is 50.8. The summed E-state index contributed by atoms with van der Waals surface area (Å²) < 4.78 is 95.5. The zero-order chi connectivity index (χ0) is 88.7. The summed E-state index contributed by atoms with van der Waals surface area (Å²) in [5, 5.41) is 231. The maximum absolute atomic E-state index is 14.2. The number of nitrogens with one attached hydrogen (secondary N) is 3. The molecule has 700 valence electrons. The average molecular weight is 1880 g/mol. The van der Waals surface area contributed by atoms with Crippen LogP contribution in [0.1, 0.15) is 26.2 Å². The number of hydrogen-bond donors (Lipinski definition) is 22. The average Bonchev–Trinajstić information content (AvgIpc) is 0.886. The van der Waals surface area contributed by atoms with Crippen molar-refractivity contribution in [2.24, 2.45) is 5.92 Å². The third kappa shape index (κ3) is 27.5. The smallest absolute Gasteiger partial charge is 0.238 e. The zero-order valence-corrected chi connectivity index (χ0v) is 71.5. The number of ketones is 2. The Labute approximate surface area is 730 Å². The van der Waals surface area contributed by atoms with Crippen molar-refractivity contribution in [3.05, 3.63) is 48.8 Å². The third-order valence-corrected chi connectivity index (χ3v) is 28.0. The van der Waals surface area contributed by atoms with E-state index in [2.05, 4.69) is 25.9 Å². The van der Waals surface area contributed by atoms with Gasteiger partial charge in [-0.25, -0.2) is 9.97 Å². The summed E-state index contributed by atoms with van der Waals surface area (Å²) in [4.78, 5) is 61.3. The number of thioether (sulfide) groups is 2. The highest BCUT2D eigenvalue weighted by Gasteiger charge is 2.60. The molecule has 14 bridgehead atoms. The van der Waals surface area contributed by atoms with E-state index in [0.717, 1.165) is 28.5 Å². The van der Waals surface area contributed by atoms with Crippen molar-refractivity contribution in [1.82, 2.24) is 25.9 Å². The van der Waals surface area contributed by atoms with Crippen molar-refractivity contribution in [2.75, 3.05) is 114 Å². The number of amides is 2. The molecule has 37 atom stereocenters. The molecule has 2 amide bonds. The van der Waals surface area contributed by atoms with E-state index in [-0.39, 0.29) is 81.8 Å². The molecule has 0 saturated carbocycles. The molecule has 22 N–H and O–H groups in total. The molecule has 123 heavy (non-hydrogen) atoms. The van der Waals surface area contributed by atoms with Crippen LogP contribution in [-0.4, -0.2) is 465 Å². The molecule has 0 aromatic carbocycles. The van der Waals surface area contributed by atoms with E-state index in [1.54, 1.807) is 30.6 Å². The first-order chi connectivity index (χ1) is 59.1. The van der Waals surface area contributed by atoms with Gasteiger partial charge in [0.15, 0.2) is 44.0 Å². The molecule has 0 spiro atoms. The minimum Gasteiger partial charge on any atom is -0.394 e. The fraction of sp³-hybridized carbons (Fsp3) is 0.808. The Morgan fingerprint density at radius 1 is 0.390 bits per heavy atom. The van der Waals surface area contributed by atoms with Crippen LogP contribution >= 0.6 is 66.7 Å². The quantitative estimate of drug-likeness (QED) is 0.0221. The lowest BCUT2D eigenvalue weighted by atomic mass is 9.95. The van der Waals surface area contributed by atoms with Crippen molar-refractivity contribution in [3.8, 4) is 0 Å². The van der Waals surface area contributed by atoms with Crippen LogP contribution in [0.5, 0.6) is 0 Å². The number of rotatable bonds is 37. The molecule has 21 fully saturated rings. The second-order valence-corrected chi connectivity index (χ2v) is 36.8. The Hall–Kier alpha value is -2.76. The van der Waals surface area contributed by atoms with Crippen LogP contribution in [0.15, 0.2) is 58.8 Å². The van der Waals surface area contributed by atoms with Gasteiger partial charge in [0.25, 0.3) is 0 Å². The summed E-state index contributed by atoms with van der Waals surface area (Å²) in [6.45, 7) is -3.37. The molecule has 44 nitrogen and oxygen atoms in total. The molecular formula is C73H113N5O39S6. The van der Waals surface area contributed by atoms with E-state index in [4.69, 9.17) is 75.8 Å². The zero-order valence-electron chi connectivity index (χ0n) is 66.6. The summed E-state index contributed by atoms with van der Waals surface area (Å²) >= 11 is 1.96. The normalized spacial score (nSPS) is 39.4. The number of pyridine rings is 2. The summed E-state index contributed by atoms with van der Waals surface area (Å²) in [6, 6.07) is 9.91. The molecule has 21 saturated heterocycles. The Kier molecular flexibility index (Phi) is 42.2.